The van der Waals surface area contributed by atoms with E-state index in [1.54, 1.807) is 24.3 Å². The van der Waals surface area contributed by atoms with Gasteiger partial charge in [0.05, 0.1) is 6.04 Å². The highest BCUT2D eigenvalue weighted by atomic mass is 16.5. The third-order valence-electron chi connectivity index (χ3n) is 4.25. The van der Waals surface area contributed by atoms with Gasteiger partial charge in [0.1, 0.15) is 5.75 Å². The Morgan fingerprint density at radius 1 is 1.08 bits per heavy atom. The Morgan fingerprint density at radius 2 is 1.79 bits per heavy atom. The van der Waals surface area contributed by atoms with E-state index < -0.39 is 0 Å². The van der Waals surface area contributed by atoms with Crippen molar-refractivity contribution in [3.05, 3.63) is 72.6 Å². The van der Waals surface area contributed by atoms with Gasteiger partial charge >= 0.3 is 0 Å². The zero-order valence-corrected chi connectivity index (χ0v) is 13.8. The molecule has 3 aromatic rings. The van der Waals surface area contributed by atoms with E-state index >= 15 is 0 Å². The third kappa shape index (κ3) is 3.54. The van der Waals surface area contributed by atoms with Gasteiger partial charge in [0.15, 0.2) is 6.61 Å². The van der Waals surface area contributed by atoms with Crippen LogP contribution < -0.4 is 4.74 Å². The van der Waals surface area contributed by atoms with Crippen molar-refractivity contribution in [2.24, 2.45) is 0 Å². The van der Waals surface area contributed by atoms with Crippen LogP contribution in [-0.2, 0) is 4.79 Å². The number of amides is 1. The predicted octanol–water partition coefficient (Wildman–Crippen LogP) is 3.83. The number of likely N-dealkylation sites (N-methyl/N-ethyl adjacent to an activating group) is 1. The molecular formula is C20H20N2O2. The lowest BCUT2D eigenvalue weighted by molar-refractivity contribution is -0.134. The lowest BCUT2D eigenvalue weighted by Gasteiger charge is -2.25. The number of hydrogen-bond donors (Lipinski definition) is 0. The summed E-state index contributed by atoms with van der Waals surface area (Å²) in [6, 6.07) is 17.7. The van der Waals surface area contributed by atoms with Crippen molar-refractivity contribution in [1.29, 1.82) is 0 Å². The fourth-order valence-corrected chi connectivity index (χ4v) is 2.59. The van der Waals surface area contributed by atoms with Crippen molar-refractivity contribution in [2.75, 3.05) is 13.7 Å². The van der Waals surface area contributed by atoms with Crippen molar-refractivity contribution < 1.29 is 9.53 Å². The van der Waals surface area contributed by atoms with Crippen molar-refractivity contribution in [1.82, 2.24) is 9.88 Å². The van der Waals surface area contributed by atoms with Gasteiger partial charge in [-0.2, -0.15) is 0 Å². The summed E-state index contributed by atoms with van der Waals surface area (Å²) in [5.74, 6) is 0.638. The number of carbonyl (C=O) groups excluding carboxylic acids is 1. The van der Waals surface area contributed by atoms with Crippen molar-refractivity contribution in [3.63, 3.8) is 0 Å². The molecule has 24 heavy (non-hydrogen) atoms. The minimum atomic E-state index is -0.0625. The van der Waals surface area contributed by atoms with E-state index in [0.29, 0.717) is 5.75 Å². The average molecular weight is 320 g/mol. The Bertz CT molecular complexity index is 833. The number of fused-ring (bicyclic) bond motifs is 1. The molecule has 0 aliphatic carbocycles. The van der Waals surface area contributed by atoms with Gasteiger partial charge < -0.3 is 9.64 Å². The van der Waals surface area contributed by atoms with E-state index in [1.807, 2.05) is 55.5 Å². The molecule has 0 spiro atoms. The summed E-state index contributed by atoms with van der Waals surface area (Å²) < 4.78 is 5.68. The van der Waals surface area contributed by atoms with Gasteiger partial charge in [-0.1, -0.05) is 30.3 Å². The van der Waals surface area contributed by atoms with E-state index in [9.17, 15) is 4.79 Å². The maximum absolute atomic E-state index is 12.4. The highest BCUT2D eigenvalue weighted by Gasteiger charge is 2.17. The van der Waals surface area contributed by atoms with Gasteiger partial charge in [-0.05, 0) is 47.5 Å². The fraction of sp³-hybridized carbons (Fsp3) is 0.200. The van der Waals surface area contributed by atoms with Crippen molar-refractivity contribution >= 4 is 16.7 Å². The second kappa shape index (κ2) is 7.13. The summed E-state index contributed by atoms with van der Waals surface area (Å²) in [7, 11) is 1.79. The van der Waals surface area contributed by atoms with Crippen LogP contribution in [0.3, 0.4) is 0 Å². The molecule has 0 N–H and O–H groups in total. The normalized spacial score (nSPS) is 11.9. The SMILES string of the molecule is CC(c1ccncc1)N(C)C(=O)COc1ccc2ccccc2c1. The second-order valence-corrected chi connectivity index (χ2v) is 5.76. The van der Waals surface area contributed by atoms with Crippen LogP contribution in [0.5, 0.6) is 5.75 Å². The largest absolute Gasteiger partial charge is 0.484 e. The summed E-state index contributed by atoms with van der Waals surface area (Å²) in [6.45, 7) is 2.01. The number of pyridine rings is 1. The van der Waals surface area contributed by atoms with Gasteiger partial charge in [0, 0.05) is 19.4 Å². The Kier molecular flexibility index (Phi) is 4.75. The first-order chi connectivity index (χ1) is 11.6. The lowest BCUT2D eigenvalue weighted by atomic mass is 10.1. The molecule has 0 fully saturated rings. The first kappa shape index (κ1) is 16.0. The zero-order chi connectivity index (χ0) is 16.9. The molecule has 4 nitrogen and oxygen atoms in total. The molecule has 3 rings (SSSR count). The standard InChI is InChI=1S/C20H20N2O2/c1-15(16-9-11-21-12-10-16)22(2)20(23)14-24-19-8-7-17-5-3-4-6-18(17)13-19/h3-13,15H,14H2,1-2H3. The maximum Gasteiger partial charge on any atom is 0.260 e. The number of hydrogen-bond acceptors (Lipinski definition) is 3. The Balaban J connectivity index is 1.63. The molecule has 0 aliphatic rings. The second-order valence-electron chi connectivity index (χ2n) is 5.76. The Labute approximate surface area is 141 Å². The van der Waals surface area contributed by atoms with Crippen molar-refractivity contribution in [3.8, 4) is 5.75 Å². The Hall–Kier alpha value is -2.88. The van der Waals surface area contributed by atoms with E-state index in [2.05, 4.69) is 11.1 Å². The summed E-state index contributed by atoms with van der Waals surface area (Å²) in [5.41, 5.74) is 1.05. The molecule has 0 bridgehead atoms. The van der Waals surface area contributed by atoms with E-state index in [0.717, 1.165) is 16.3 Å². The van der Waals surface area contributed by atoms with E-state index in [4.69, 9.17) is 4.74 Å². The van der Waals surface area contributed by atoms with Crippen molar-refractivity contribution in [2.45, 2.75) is 13.0 Å². The van der Waals surface area contributed by atoms with Gasteiger partial charge in [-0.15, -0.1) is 0 Å². The molecule has 1 unspecified atom stereocenters. The minimum absolute atomic E-state index is 0.0181. The van der Waals surface area contributed by atoms with E-state index in [1.165, 1.54) is 0 Å². The molecule has 1 aromatic heterocycles. The molecule has 0 saturated carbocycles. The molecule has 0 aliphatic heterocycles. The highest BCUT2D eigenvalue weighted by Crippen LogP contribution is 2.21. The van der Waals surface area contributed by atoms with Crippen LogP contribution in [0.25, 0.3) is 10.8 Å². The predicted molar refractivity (Wildman–Crippen MR) is 94.9 cm³/mol. The topological polar surface area (TPSA) is 42.4 Å². The molecule has 0 saturated heterocycles. The monoisotopic (exact) mass is 320 g/mol. The summed E-state index contributed by atoms with van der Waals surface area (Å²) >= 11 is 0. The lowest BCUT2D eigenvalue weighted by Crippen LogP contribution is -2.33. The number of rotatable bonds is 5. The average Bonchev–Trinajstić information content (AvgIpc) is 2.65. The van der Waals surface area contributed by atoms with Crippen LogP contribution in [0.2, 0.25) is 0 Å². The molecule has 1 heterocycles. The molecule has 0 radical (unpaired) electrons. The van der Waals surface area contributed by atoms with Gasteiger partial charge in [-0.3, -0.25) is 9.78 Å². The van der Waals surface area contributed by atoms with Crippen LogP contribution >= 0.6 is 0 Å². The molecule has 122 valence electrons. The summed E-state index contributed by atoms with van der Waals surface area (Å²) in [5, 5.41) is 2.25. The maximum atomic E-state index is 12.4. The van der Waals surface area contributed by atoms with Crippen LogP contribution in [0, 0.1) is 0 Å². The highest BCUT2D eigenvalue weighted by molar-refractivity contribution is 5.84. The molecule has 2 aromatic carbocycles. The molecular weight excluding hydrogens is 300 g/mol. The summed E-state index contributed by atoms with van der Waals surface area (Å²) in [6.07, 6.45) is 3.46. The first-order valence-corrected chi connectivity index (χ1v) is 7.92. The first-order valence-electron chi connectivity index (χ1n) is 7.92. The summed E-state index contributed by atoms with van der Waals surface area (Å²) in [4.78, 5) is 18.1. The fourth-order valence-electron chi connectivity index (χ4n) is 2.59. The molecule has 1 amide bonds. The van der Waals surface area contributed by atoms with E-state index in [-0.39, 0.29) is 18.6 Å². The number of carbonyl (C=O) groups is 1. The number of nitrogens with zero attached hydrogens (tertiary/aromatic N) is 2. The van der Waals surface area contributed by atoms with Crippen LogP contribution in [0.4, 0.5) is 0 Å². The van der Waals surface area contributed by atoms with Crippen LogP contribution in [0.1, 0.15) is 18.5 Å². The van der Waals surface area contributed by atoms with Gasteiger partial charge in [0.25, 0.3) is 5.91 Å². The van der Waals surface area contributed by atoms with Gasteiger partial charge in [0.2, 0.25) is 0 Å². The van der Waals surface area contributed by atoms with Crippen LogP contribution in [0.15, 0.2) is 67.0 Å². The minimum Gasteiger partial charge on any atom is -0.484 e. The Morgan fingerprint density at radius 3 is 2.54 bits per heavy atom. The molecule has 4 heteroatoms. The van der Waals surface area contributed by atoms with Crippen LogP contribution in [-0.4, -0.2) is 29.4 Å². The number of ether oxygens (including phenoxy) is 1. The zero-order valence-electron chi connectivity index (χ0n) is 13.8. The number of benzene rings is 2. The molecule has 1 atom stereocenters. The quantitative estimate of drug-likeness (QED) is 0.717. The van der Waals surface area contributed by atoms with Gasteiger partial charge in [-0.25, -0.2) is 0 Å². The third-order valence-corrected chi connectivity index (χ3v) is 4.25. The number of aromatic nitrogens is 1. The smallest absolute Gasteiger partial charge is 0.260 e.